The van der Waals surface area contributed by atoms with E-state index in [1.54, 1.807) is 29.2 Å². The summed E-state index contributed by atoms with van der Waals surface area (Å²) in [6.45, 7) is 0.637. The molecule has 0 atom stereocenters. The van der Waals surface area contributed by atoms with E-state index in [9.17, 15) is 19.2 Å². The summed E-state index contributed by atoms with van der Waals surface area (Å²) in [6.07, 6.45) is 1.31. The highest BCUT2D eigenvalue weighted by Crippen LogP contribution is 2.24. The van der Waals surface area contributed by atoms with Crippen molar-refractivity contribution in [2.45, 2.75) is 12.8 Å². The molecule has 8 nitrogen and oxygen atoms in total. The first kappa shape index (κ1) is 18.1. The lowest BCUT2D eigenvalue weighted by Gasteiger charge is -2.16. The standard InChI is InChI=1S/C19H18N4O4/c20-17(25)12-6-8-13(9-7-12)21-18(26)19(27)22-14-3-1-4-15(11-14)23-10-2-5-16(23)24/h1,3-4,6-9,11H,2,5,10H2,(H2,20,25)(H,21,26)(H,22,27). The highest BCUT2D eigenvalue weighted by molar-refractivity contribution is 6.43. The number of carbonyl (C=O) groups excluding carboxylic acids is 4. The molecule has 138 valence electrons. The summed E-state index contributed by atoms with van der Waals surface area (Å²) in [5.74, 6) is -2.25. The Kier molecular flexibility index (Phi) is 5.16. The number of carbonyl (C=O) groups is 4. The van der Waals surface area contributed by atoms with Gasteiger partial charge in [0.15, 0.2) is 0 Å². The first-order valence-corrected chi connectivity index (χ1v) is 8.36. The molecule has 0 spiro atoms. The molecule has 4 N–H and O–H groups in total. The molecule has 1 aliphatic rings. The van der Waals surface area contributed by atoms with Crippen LogP contribution in [-0.2, 0) is 14.4 Å². The molecule has 1 heterocycles. The Morgan fingerprint density at radius 2 is 1.59 bits per heavy atom. The Morgan fingerprint density at radius 1 is 0.926 bits per heavy atom. The van der Waals surface area contributed by atoms with Crippen LogP contribution in [0, 0.1) is 0 Å². The van der Waals surface area contributed by atoms with Gasteiger partial charge in [-0.15, -0.1) is 0 Å². The van der Waals surface area contributed by atoms with Crippen molar-refractivity contribution in [3.8, 4) is 0 Å². The minimum Gasteiger partial charge on any atom is -0.366 e. The number of benzene rings is 2. The van der Waals surface area contributed by atoms with Gasteiger partial charge in [-0.25, -0.2) is 0 Å². The summed E-state index contributed by atoms with van der Waals surface area (Å²) < 4.78 is 0. The van der Waals surface area contributed by atoms with Crippen molar-refractivity contribution in [2.24, 2.45) is 5.73 Å². The zero-order valence-corrected chi connectivity index (χ0v) is 14.4. The molecule has 0 bridgehead atoms. The van der Waals surface area contributed by atoms with E-state index in [-0.39, 0.29) is 5.91 Å². The lowest BCUT2D eigenvalue weighted by Crippen LogP contribution is -2.29. The predicted octanol–water partition coefficient (Wildman–Crippen LogP) is 1.49. The topological polar surface area (TPSA) is 122 Å². The van der Waals surface area contributed by atoms with E-state index in [0.717, 1.165) is 6.42 Å². The third-order valence-corrected chi connectivity index (χ3v) is 4.12. The quantitative estimate of drug-likeness (QED) is 0.710. The number of amides is 4. The first-order chi connectivity index (χ1) is 12.9. The number of nitrogens with two attached hydrogens (primary N) is 1. The highest BCUT2D eigenvalue weighted by atomic mass is 16.2. The van der Waals surface area contributed by atoms with Crippen molar-refractivity contribution < 1.29 is 19.2 Å². The van der Waals surface area contributed by atoms with E-state index in [4.69, 9.17) is 5.73 Å². The smallest absolute Gasteiger partial charge is 0.314 e. The number of hydrogen-bond acceptors (Lipinski definition) is 4. The van der Waals surface area contributed by atoms with E-state index in [2.05, 4.69) is 10.6 Å². The number of anilines is 3. The average molecular weight is 366 g/mol. The molecular formula is C19H18N4O4. The number of hydrogen-bond donors (Lipinski definition) is 3. The Labute approximate surface area is 155 Å². The summed E-state index contributed by atoms with van der Waals surface area (Å²) in [5, 5.41) is 4.94. The second-order valence-electron chi connectivity index (χ2n) is 6.05. The molecule has 1 aliphatic heterocycles. The van der Waals surface area contributed by atoms with Gasteiger partial charge in [-0.3, -0.25) is 19.2 Å². The average Bonchev–Trinajstić information content (AvgIpc) is 3.08. The monoisotopic (exact) mass is 366 g/mol. The van der Waals surface area contributed by atoms with Crippen LogP contribution in [0.15, 0.2) is 48.5 Å². The minimum atomic E-state index is -0.857. The number of primary amides is 1. The molecule has 27 heavy (non-hydrogen) atoms. The van der Waals surface area contributed by atoms with Gasteiger partial charge in [0, 0.05) is 35.6 Å². The first-order valence-electron chi connectivity index (χ1n) is 8.36. The van der Waals surface area contributed by atoms with Crippen molar-refractivity contribution >= 4 is 40.7 Å². The van der Waals surface area contributed by atoms with Gasteiger partial charge in [-0.1, -0.05) is 6.07 Å². The zero-order valence-electron chi connectivity index (χ0n) is 14.4. The summed E-state index contributed by atoms with van der Waals surface area (Å²) in [5.41, 5.74) is 6.90. The van der Waals surface area contributed by atoms with Crippen LogP contribution >= 0.6 is 0 Å². The maximum atomic E-state index is 12.1. The fourth-order valence-electron chi connectivity index (χ4n) is 2.77. The fourth-order valence-corrected chi connectivity index (χ4v) is 2.77. The molecule has 4 amide bonds. The second-order valence-corrected chi connectivity index (χ2v) is 6.05. The van der Waals surface area contributed by atoms with Gasteiger partial charge in [0.25, 0.3) is 0 Å². The molecule has 2 aromatic rings. The van der Waals surface area contributed by atoms with Gasteiger partial charge < -0.3 is 21.3 Å². The van der Waals surface area contributed by atoms with Crippen LogP contribution in [0.1, 0.15) is 23.2 Å². The minimum absolute atomic E-state index is 0.0376. The van der Waals surface area contributed by atoms with Crippen LogP contribution < -0.4 is 21.3 Å². The molecule has 8 heteroatoms. The normalized spacial score (nSPS) is 13.3. The highest BCUT2D eigenvalue weighted by Gasteiger charge is 2.22. The maximum Gasteiger partial charge on any atom is 0.314 e. The SMILES string of the molecule is NC(=O)c1ccc(NC(=O)C(=O)Nc2cccc(N3CCCC3=O)c2)cc1. The van der Waals surface area contributed by atoms with Crippen molar-refractivity contribution in [3.05, 3.63) is 54.1 Å². The van der Waals surface area contributed by atoms with Crippen molar-refractivity contribution in [3.63, 3.8) is 0 Å². The molecule has 0 radical (unpaired) electrons. The second kappa shape index (κ2) is 7.69. The number of rotatable bonds is 4. The Bertz CT molecular complexity index is 908. The van der Waals surface area contributed by atoms with E-state index in [1.807, 2.05) is 0 Å². The number of nitrogens with one attached hydrogen (secondary N) is 2. The summed E-state index contributed by atoms with van der Waals surface area (Å²) in [6, 6.07) is 12.6. The number of nitrogens with zero attached hydrogens (tertiary/aromatic N) is 1. The van der Waals surface area contributed by atoms with Crippen LogP contribution in [0.5, 0.6) is 0 Å². The molecule has 0 aliphatic carbocycles. The third kappa shape index (κ3) is 4.30. The van der Waals surface area contributed by atoms with Gasteiger partial charge in [0.2, 0.25) is 11.8 Å². The van der Waals surface area contributed by atoms with Crippen LogP contribution in [0.2, 0.25) is 0 Å². The summed E-state index contributed by atoms with van der Waals surface area (Å²) in [7, 11) is 0. The molecule has 0 saturated carbocycles. The molecule has 1 saturated heterocycles. The Hall–Kier alpha value is -3.68. The molecule has 0 unspecified atom stereocenters. The maximum absolute atomic E-state index is 12.1. The molecule has 1 fully saturated rings. The Morgan fingerprint density at radius 3 is 2.19 bits per heavy atom. The Balaban J connectivity index is 1.63. The van der Waals surface area contributed by atoms with Crippen LogP contribution in [0.4, 0.5) is 17.1 Å². The van der Waals surface area contributed by atoms with E-state index in [0.29, 0.717) is 35.6 Å². The van der Waals surface area contributed by atoms with E-state index < -0.39 is 17.7 Å². The van der Waals surface area contributed by atoms with Crippen LogP contribution in [-0.4, -0.2) is 30.2 Å². The predicted molar refractivity (Wildman–Crippen MR) is 100 cm³/mol. The van der Waals surface area contributed by atoms with E-state index >= 15 is 0 Å². The van der Waals surface area contributed by atoms with E-state index in [1.165, 1.54) is 24.3 Å². The lowest BCUT2D eigenvalue weighted by atomic mass is 10.2. The van der Waals surface area contributed by atoms with Gasteiger partial charge >= 0.3 is 11.8 Å². The summed E-state index contributed by atoms with van der Waals surface area (Å²) >= 11 is 0. The largest absolute Gasteiger partial charge is 0.366 e. The van der Waals surface area contributed by atoms with Crippen LogP contribution in [0.25, 0.3) is 0 Å². The third-order valence-electron chi connectivity index (χ3n) is 4.12. The van der Waals surface area contributed by atoms with Crippen molar-refractivity contribution in [1.82, 2.24) is 0 Å². The lowest BCUT2D eigenvalue weighted by molar-refractivity contribution is -0.132. The van der Waals surface area contributed by atoms with Gasteiger partial charge in [0.1, 0.15) is 0 Å². The fraction of sp³-hybridized carbons (Fsp3) is 0.158. The van der Waals surface area contributed by atoms with Crippen LogP contribution in [0.3, 0.4) is 0 Å². The van der Waals surface area contributed by atoms with Gasteiger partial charge in [-0.05, 0) is 48.9 Å². The molecule has 0 aromatic heterocycles. The van der Waals surface area contributed by atoms with Gasteiger partial charge in [-0.2, -0.15) is 0 Å². The van der Waals surface area contributed by atoms with Crippen molar-refractivity contribution in [2.75, 3.05) is 22.1 Å². The summed E-state index contributed by atoms with van der Waals surface area (Å²) in [4.78, 5) is 48.7. The van der Waals surface area contributed by atoms with Crippen molar-refractivity contribution in [1.29, 1.82) is 0 Å². The molecule has 2 aromatic carbocycles. The zero-order chi connectivity index (χ0) is 19.4. The molecular weight excluding hydrogens is 348 g/mol. The molecule has 3 rings (SSSR count). The van der Waals surface area contributed by atoms with Gasteiger partial charge in [0.05, 0.1) is 0 Å².